The number of ether oxygens (including phenoxy) is 1. The van der Waals surface area contributed by atoms with Crippen molar-refractivity contribution in [3.63, 3.8) is 0 Å². The van der Waals surface area contributed by atoms with Gasteiger partial charge >= 0.3 is 0 Å². The van der Waals surface area contributed by atoms with Gasteiger partial charge in [0, 0.05) is 12.1 Å². The number of para-hydroxylation sites is 1. The van der Waals surface area contributed by atoms with Gasteiger partial charge in [-0.25, -0.2) is 0 Å². The average Bonchev–Trinajstić information content (AvgIpc) is 2.72. The minimum Gasteiger partial charge on any atom is -0.490 e. The SMILES string of the molecule is C=CC1CC(C(=O)Nc2ccccc2)=C(C)O1. The van der Waals surface area contributed by atoms with E-state index in [0.717, 1.165) is 5.69 Å². The highest BCUT2D eigenvalue weighted by Gasteiger charge is 2.25. The monoisotopic (exact) mass is 229 g/mol. The molecule has 1 aromatic rings. The topological polar surface area (TPSA) is 38.3 Å². The van der Waals surface area contributed by atoms with Gasteiger partial charge in [-0.15, -0.1) is 0 Å². The number of hydrogen-bond acceptors (Lipinski definition) is 2. The van der Waals surface area contributed by atoms with Crippen LogP contribution in [0.25, 0.3) is 0 Å². The van der Waals surface area contributed by atoms with Gasteiger partial charge in [0.05, 0.1) is 5.57 Å². The van der Waals surface area contributed by atoms with E-state index in [0.29, 0.717) is 17.8 Å². The molecular formula is C14H15NO2. The molecule has 2 rings (SSSR count). The van der Waals surface area contributed by atoms with E-state index >= 15 is 0 Å². The first-order valence-electron chi connectivity index (χ1n) is 5.56. The number of nitrogens with one attached hydrogen (secondary N) is 1. The first-order valence-corrected chi connectivity index (χ1v) is 5.56. The summed E-state index contributed by atoms with van der Waals surface area (Å²) >= 11 is 0. The van der Waals surface area contributed by atoms with Crippen molar-refractivity contribution in [2.45, 2.75) is 19.4 Å². The lowest BCUT2D eigenvalue weighted by molar-refractivity contribution is -0.113. The molecule has 3 heteroatoms. The summed E-state index contributed by atoms with van der Waals surface area (Å²) in [4.78, 5) is 12.0. The minimum absolute atomic E-state index is 0.0773. The number of anilines is 1. The van der Waals surface area contributed by atoms with Crippen molar-refractivity contribution in [3.8, 4) is 0 Å². The summed E-state index contributed by atoms with van der Waals surface area (Å²) in [6, 6.07) is 9.39. The molecule has 1 aliphatic heterocycles. The Bertz CT molecular complexity index is 462. The Morgan fingerprint density at radius 1 is 1.47 bits per heavy atom. The molecule has 1 aromatic carbocycles. The summed E-state index contributed by atoms with van der Waals surface area (Å²) in [5, 5.41) is 2.85. The standard InChI is InChI=1S/C14H15NO2/c1-3-12-9-13(10(2)17-12)14(16)15-11-7-5-4-6-8-11/h3-8,12H,1,9H2,2H3,(H,15,16). The van der Waals surface area contributed by atoms with Crippen molar-refractivity contribution in [1.29, 1.82) is 0 Å². The predicted molar refractivity (Wildman–Crippen MR) is 67.5 cm³/mol. The van der Waals surface area contributed by atoms with Crippen LogP contribution in [0, 0.1) is 0 Å². The van der Waals surface area contributed by atoms with Crippen molar-refractivity contribution in [2.24, 2.45) is 0 Å². The van der Waals surface area contributed by atoms with Crippen molar-refractivity contribution in [2.75, 3.05) is 5.32 Å². The molecule has 0 spiro atoms. The molecule has 17 heavy (non-hydrogen) atoms. The zero-order valence-corrected chi connectivity index (χ0v) is 9.77. The van der Waals surface area contributed by atoms with Crippen LogP contribution in [-0.4, -0.2) is 12.0 Å². The molecule has 0 fully saturated rings. The van der Waals surface area contributed by atoms with Crippen LogP contribution in [0.4, 0.5) is 5.69 Å². The maximum atomic E-state index is 12.0. The van der Waals surface area contributed by atoms with E-state index < -0.39 is 0 Å². The summed E-state index contributed by atoms with van der Waals surface area (Å²) in [7, 11) is 0. The van der Waals surface area contributed by atoms with Crippen molar-refractivity contribution in [1.82, 2.24) is 0 Å². The summed E-state index contributed by atoms with van der Waals surface area (Å²) in [5.74, 6) is 0.585. The van der Waals surface area contributed by atoms with Gasteiger partial charge in [0.15, 0.2) is 0 Å². The zero-order valence-electron chi connectivity index (χ0n) is 9.77. The van der Waals surface area contributed by atoms with Gasteiger partial charge in [0.1, 0.15) is 11.9 Å². The Morgan fingerprint density at radius 3 is 2.76 bits per heavy atom. The molecule has 0 saturated carbocycles. The maximum Gasteiger partial charge on any atom is 0.255 e. The van der Waals surface area contributed by atoms with Crippen molar-refractivity contribution < 1.29 is 9.53 Å². The van der Waals surface area contributed by atoms with Gasteiger partial charge in [0.2, 0.25) is 0 Å². The van der Waals surface area contributed by atoms with Gasteiger partial charge in [-0.3, -0.25) is 4.79 Å². The number of allylic oxidation sites excluding steroid dienone is 1. The number of amides is 1. The Morgan fingerprint density at radius 2 is 2.18 bits per heavy atom. The highest BCUT2D eigenvalue weighted by molar-refractivity contribution is 6.04. The second kappa shape index (κ2) is 4.87. The summed E-state index contributed by atoms with van der Waals surface area (Å²) in [6.45, 7) is 5.48. The second-order valence-corrected chi connectivity index (χ2v) is 3.95. The number of rotatable bonds is 3. The van der Waals surface area contributed by atoms with E-state index in [1.54, 1.807) is 6.08 Å². The van der Waals surface area contributed by atoms with E-state index in [2.05, 4.69) is 11.9 Å². The van der Waals surface area contributed by atoms with Crippen LogP contribution < -0.4 is 5.32 Å². The molecule has 0 saturated heterocycles. The Balaban J connectivity index is 2.07. The fraction of sp³-hybridized carbons (Fsp3) is 0.214. The molecule has 1 unspecified atom stereocenters. The van der Waals surface area contributed by atoms with Gasteiger partial charge in [-0.1, -0.05) is 30.9 Å². The lowest BCUT2D eigenvalue weighted by Crippen LogP contribution is -2.14. The second-order valence-electron chi connectivity index (χ2n) is 3.95. The van der Waals surface area contributed by atoms with Crippen LogP contribution in [0.2, 0.25) is 0 Å². The molecule has 1 atom stereocenters. The van der Waals surface area contributed by atoms with E-state index in [9.17, 15) is 4.79 Å². The molecule has 1 N–H and O–H groups in total. The molecule has 0 bridgehead atoms. The van der Waals surface area contributed by atoms with E-state index in [-0.39, 0.29) is 12.0 Å². The van der Waals surface area contributed by atoms with Crippen molar-refractivity contribution in [3.05, 3.63) is 54.3 Å². The van der Waals surface area contributed by atoms with Crippen LogP contribution in [0.15, 0.2) is 54.3 Å². The molecule has 1 aliphatic rings. The molecular weight excluding hydrogens is 214 g/mol. The Labute approximate surface area is 101 Å². The average molecular weight is 229 g/mol. The third-order valence-electron chi connectivity index (χ3n) is 2.73. The van der Waals surface area contributed by atoms with Gasteiger partial charge in [0.25, 0.3) is 5.91 Å². The molecule has 0 aromatic heterocycles. The third kappa shape index (κ3) is 2.56. The van der Waals surface area contributed by atoms with Crippen LogP contribution in [-0.2, 0) is 9.53 Å². The largest absolute Gasteiger partial charge is 0.490 e. The lowest BCUT2D eigenvalue weighted by atomic mass is 10.1. The van der Waals surface area contributed by atoms with Crippen LogP contribution in [0.1, 0.15) is 13.3 Å². The maximum absolute atomic E-state index is 12.0. The first-order chi connectivity index (χ1) is 8.20. The quantitative estimate of drug-likeness (QED) is 0.809. The Kier molecular flexibility index (Phi) is 3.28. The Hall–Kier alpha value is -2.03. The molecule has 88 valence electrons. The predicted octanol–water partition coefficient (Wildman–Crippen LogP) is 2.87. The fourth-order valence-electron chi connectivity index (χ4n) is 1.80. The highest BCUT2D eigenvalue weighted by Crippen LogP contribution is 2.26. The molecule has 1 amide bonds. The highest BCUT2D eigenvalue weighted by atomic mass is 16.5. The van der Waals surface area contributed by atoms with E-state index in [1.807, 2.05) is 37.3 Å². The van der Waals surface area contributed by atoms with Gasteiger partial charge in [-0.05, 0) is 19.1 Å². The normalized spacial score (nSPS) is 18.8. The van der Waals surface area contributed by atoms with Crippen LogP contribution in [0.5, 0.6) is 0 Å². The summed E-state index contributed by atoms with van der Waals surface area (Å²) in [5.41, 5.74) is 1.48. The smallest absolute Gasteiger partial charge is 0.255 e. The first kappa shape index (κ1) is 11.5. The molecule has 0 aliphatic carbocycles. The number of carbonyl (C=O) groups excluding carboxylic acids is 1. The molecule has 3 nitrogen and oxygen atoms in total. The molecule has 1 heterocycles. The van der Waals surface area contributed by atoms with Gasteiger partial charge < -0.3 is 10.1 Å². The third-order valence-corrected chi connectivity index (χ3v) is 2.73. The summed E-state index contributed by atoms with van der Waals surface area (Å²) in [6.07, 6.45) is 2.23. The van der Waals surface area contributed by atoms with Crippen LogP contribution >= 0.6 is 0 Å². The number of hydrogen-bond donors (Lipinski definition) is 1. The van der Waals surface area contributed by atoms with Crippen LogP contribution in [0.3, 0.4) is 0 Å². The zero-order chi connectivity index (χ0) is 12.3. The fourth-order valence-corrected chi connectivity index (χ4v) is 1.80. The number of carbonyl (C=O) groups is 1. The summed E-state index contributed by atoms with van der Waals surface area (Å²) < 4.78 is 5.48. The lowest BCUT2D eigenvalue weighted by Gasteiger charge is -2.05. The minimum atomic E-state index is -0.0990. The van der Waals surface area contributed by atoms with E-state index in [4.69, 9.17) is 4.74 Å². The molecule has 0 radical (unpaired) electrons. The number of benzene rings is 1. The van der Waals surface area contributed by atoms with Crippen molar-refractivity contribution >= 4 is 11.6 Å². The van der Waals surface area contributed by atoms with E-state index in [1.165, 1.54) is 0 Å². The van der Waals surface area contributed by atoms with Gasteiger partial charge in [-0.2, -0.15) is 0 Å².